The molecule has 2 heterocycles. The zero-order valence-electron chi connectivity index (χ0n) is 8.87. The Labute approximate surface area is 89.8 Å². The molecule has 3 nitrogen and oxygen atoms in total. The summed E-state index contributed by atoms with van der Waals surface area (Å²) in [5.74, 6) is 1.05. The van der Waals surface area contributed by atoms with Crippen LogP contribution in [0.5, 0.6) is 0 Å². The van der Waals surface area contributed by atoms with Crippen molar-refractivity contribution in [3.05, 3.63) is 24.2 Å². The lowest BCUT2D eigenvalue weighted by Gasteiger charge is -2.39. The van der Waals surface area contributed by atoms with E-state index in [-0.39, 0.29) is 5.72 Å². The molecule has 1 aliphatic heterocycles. The molecule has 1 saturated heterocycles. The quantitative estimate of drug-likeness (QED) is 0.768. The van der Waals surface area contributed by atoms with Gasteiger partial charge < -0.3 is 9.15 Å². The molecule has 0 aromatic carbocycles. The average molecular weight is 207 g/mol. The Balaban J connectivity index is 1.76. The van der Waals surface area contributed by atoms with Gasteiger partial charge in [0.15, 0.2) is 0 Å². The second-order valence-corrected chi connectivity index (χ2v) is 4.55. The van der Waals surface area contributed by atoms with Gasteiger partial charge in [-0.15, -0.1) is 0 Å². The fourth-order valence-electron chi connectivity index (χ4n) is 2.74. The van der Waals surface area contributed by atoms with Crippen LogP contribution in [-0.2, 0) is 4.74 Å². The SMILES string of the molecule is c1coc(C2CCOC3(CCCC3)N2)c1. The molecular formula is C12H17NO2. The summed E-state index contributed by atoms with van der Waals surface area (Å²) in [6.45, 7) is 0.846. The van der Waals surface area contributed by atoms with Gasteiger partial charge in [0, 0.05) is 0 Å². The van der Waals surface area contributed by atoms with Crippen molar-refractivity contribution in [2.75, 3.05) is 6.61 Å². The van der Waals surface area contributed by atoms with E-state index in [9.17, 15) is 0 Å². The van der Waals surface area contributed by atoms with Gasteiger partial charge in [-0.25, -0.2) is 0 Å². The van der Waals surface area contributed by atoms with Crippen LogP contribution in [0.1, 0.15) is 43.9 Å². The van der Waals surface area contributed by atoms with Crippen LogP contribution >= 0.6 is 0 Å². The Morgan fingerprint density at radius 1 is 1.33 bits per heavy atom. The molecule has 2 fully saturated rings. The van der Waals surface area contributed by atoms with Crippen LogP contribution < -0.4 is 5.32 Å². The molecule has 3 rings (SSSR count). The van der Waals surface area contributed by atoms with Crippen molar-refractivity contribution >= 4 is 0 Å². The number of rotatable bonds is 1. The van der Waals surface area contributed by atoms with Crippen molar-refractivity contribution in [1.82, 2.24) is 5.32 Å². The monoisotopic (exact) mass is 207 g/mol. The van der Waals surface area contributed by atoms with E-state index in [4.69, 9.17) is 9.15 Å². The largest absolute Gasteiger partial charge is 0.468 e. The van der Waals surface area contributed by atoms with Crippen LogP contribution in [0.2, 0.25) is 0 Å². The molecule has 1 spiro atoms. The summed E-state index contributed by atoms with van der Waals surface area (Å²) in [6.07, 6.45) is 7.59. The molecule has 15 heavy (non-hydrogen) atoms. The van der Waals surface area contributed by atoms with Crippen molar-refractivity contribution < 1.29 is 9.15 Å². The predicted molar refractivity (Wildman–Crippen MR) is 56.4 cm³/mol. The van der Waals surface area contributed by atoms with E-state index in [1.165, 1.54) is 12.8 Å². The topological polar surface area (TPSA) is 34.4 Å². The highest BCUT2D eigenvalue weighted by molar-refractivity contribution is 5.07. The first-order valence-electron chi connectivity index (χ1n) is 5.83. The summed E-state index contributed by atoms with van der Waals surface area (Å²) < 4.78 is 11.4. The van der Waals surface area contributed by atoms with Gasteiger partial charge in [-0.3, -0.25) is 5.32 Å². The normalized spacial score (nSPS) is 29.7. The minimum absolute atomic E-state index is 0.0459. The van der Waals surface area contributed by atoms with E-state index >= 15 is 0 Å². The summed E-state index contributed by atoms with van der Waals surface area (Å²) in [5, 5.41) is 3.62. The zero-order valence-corrected chi connectivity index (χ0v) is 8.87. The summed E-state index contributed by atoms with van der Waals surface area (Å²) in [4.78, 5) is 0. The van der Waals surface area contributed by atoms with Crippen molar-refractivity contribution in [2.24, 2.45) is 0 Å². The van der Waals surface area contributed by atoms with Crippen LogP contribution in [-0.4, -0.2) is 12.3 Å². The summed E-state index contributed by atoms with van der Waals surface area (Å²) in [6, 6.07) is 4.34. The van der Waals surface area contributed by atoms with Crippen molar-refractivity contribution in [3.8, 4) is 0 Å². The summed E-state index contributed by atoms with van der Waals surface area (Å²) in [7, 11) is 0. The second-order valence-electron chi connectivity index (χ2n) is 4.55. The number of hydrogen-bond acceptors (Lipinski definition) is 3. The van der Waals surface area contributed by atoms with Gasteiger partial charge in [0.05, 0.1) is 18.9 Å². The molecule has 82 valence electrons. The molecule has 1 aliphatic carbocycles. The number of ether oxygens (including phenoxy) is 1. The Bertz CT molecular complexity index is 314. The second kappa shape index (κ2) is 3.65. The third kappa shape index (κ3) is 1.70. The van der Waals surface area contributed by atoms with E-state index in [1.54, 1.807) is 6.26 Å². The third-order valence-corrected chi connectivity index (χ3v) is 3.52. The lowest BCUT2D eigenvalue weighted by molar-refractivity contribution is -0.108. The molecule has 0 radical (unpaired) electrons. The van der Waals surface area contributed by atoms with Crippen LogP contribution in [0, 0.1) is 0 Å². The number of furan rings is 1. The maximum Gasteiger partial charge on any atom is 0.120 e. The molecule has 1 N–H and O–H groups in total. The average Bonchev–Trinajstić information content (AvgIpc) is 2.89. The van der Waals surface area contributed by atoms with Gasteiger partial charge in [0.1, 0.15) is 11.5 Å². The molecule has 1 atom stereocenters. The van der Waals surface area contributed by atoms with E-state index < -0.39 is 0 Å². The molecular weight excluding hydrogens is 190 g/mol. The van der Waals surface area contributed by atoms with Gasteiger partial charge in [-0.05, 0) is 44.2 Å². The third-order valence-electron chi connectivity index (χ3n) is 3.52. The molecule has 3 heteroatoms. The van der Waals surface area contributed by atoms with Crippen LogP contribution in [0.4, 0.5) is 0 Å². The fourth-order valence-corrected chi connectivity index (χ4v) is 2.74. The smallest absolute Gasteiger partial charge is 0.120 e. The fraction of sp³-hybridized carbons (Fsp3) is 0.667. The highest BCUT2D eigenvalue weighted by atomic mass is 16.5. The minimum atomic E-state index is -0.0459. The maximum atomic E-state index is 5.90. The van der Waals surface area contributed by atoms with Gasteiger partial charge in [0.25, 0.3) is 0 Å². The van der Waals surface area contributed by atoms with Crippen LogP contribution in [0.3, 0.4) is 0 Å². The van der Waals surface area contributed by atoms with Gasteiger partial charge in [-0.2, -0.15) is 0 Å². The Hall–Kier alpha value is -0.800. The van der Waals surface area contributed by atoms with Crippen molar-refractivity contribution in [3.63, 3.8) is 0 Å². The Morgan fingerprint density at radius 3 is 2.93 bits per heavy atom. The van der Waals surface area contributed by atoms with Crippen LogP contribution in [0.15, 0.2) is 22.8 Å². The zero-order chi connectivity index (χ0) is 10.1. The van der Waals surface area contributed by atoms with Crippen LogP contribution in [0.25, 0.3) is 0 Å². The molecule has 2 aliphatic rings. The molecule has 0 bridgehead atoms. The highest BCUT2D eigenvalue weighted by Crippen LogP contribution is 2.37. The standard InChI is InChI=1S/C12H17NO2/c1-2-7-12(6-1)13-10(5-9-15-12)11-4-3-8-14-11/h3-4,8,10,13H,1-2,5-7,9H2. The Morgan fingerprint density at radius 2 is 2.20 bits per heavy atom. The molecule has 1 saturated carbocycles. The van der Waals surface area contributed by atoms with E-state index in [0.29, 0.717) is 6.04 Å². The maximum absolute atomic E-state index is 5.90. The molecule has 0 amide bonds. The lowest BCUT2D eigenvalue weighted by Crippen LogP contribution is -2.51. The first-order chi connectivity index (χ1) is 7.38. The number of nitrogens with one attached hydrogen (secondary N) is 1. The van der Waals surface area contributed by atoms with E-state index in [1.807, 2.05) is 12.1 Å². The molecule has 1 aromatic heterocycles. The highest BCUT2D eigenvalue weighted by Gasteiger charge is 2.40. The van der Waals surface area contributed by atoms with Gasteiger partial charge in [0.2, 0.25) is 0 Å². The summed E-state index contributed by atoms with van der Waals surface area (Å²) in [5.41, 5.74) is -0.0459. The molecule has 1 aromatic rings. The van der Waals surface area contributed by atoms with Crippen molar-refractivity contribution in [1.29, 1.82) is 0 Å². The summed E-state index contributed by atoms with van der Waals surface area (Å²) >= 11 is 0. The van der Waals surface area contributed by atoms with Gasteiger partial charge in [-0.1, -0.05) is 0 Å². The predicted octanol–water partition coefficient (Wildman–Crippen LogP) is 2.60. The van der Waals surface area contributed by atoms with Gasteiger partial charge >= 0.3 is 0 Å². The first-order valence-corrected chi connectivity index (χ1v) is 5.83. The number of hydrogen-bond donors (Lipinski definition) is 1. The molecule has 1 unspecified atom stereocenters. The lowest BCUT2D eigenvalue weighted by atomic mass is 10.0. The van der Waals surface area contributed by atoms with E-state index in [0.717, 1.165) is 31.6 Å². The van der Waals surface area contributed by atoms with E-state index in [2.05, 4.69) is 5.32 Å². The minimum Gasteiger partial charge on any atom is -0.468 e. The van der Waals surface area contributed by atoms with Crippen molar-refractivity contribution in [2.45, 2.75) is 43.9 Å². The first kappa shape index (κ1) is 9.43. The Kier molecular flexibility index (Phi) is 2.29.